The van der Waals surface area contributed by atoms with E-state index < -0.39 is 6.16 Å². The molecule has 0 aromatic carbocycles. The van der Waals surface area contributed by atoms with Crippen molar-refractivity contribution in [1.29, 1.82) is 0 Å². The summed E-state index contributed by atoms with van der Waals surface area (Å²) < 4.78 is 0. The molecule has 0 aromatic heterocycles. The lowest BCUT2D eigenvalue weighted by molar-refractivity contribution is -0.527. The molecule has 7 heteroatoms. The van der Waals surface area contributed by atoms with Gasteiger partial charge in [-0.05, 0) is 34.8 Å². The smallest absolute Gasteiger partial charge is 0.226 e. The van der Waals surface area contributed by atoms with Crippen molar-refractivity contribution in [2.75, 3.05) is 13.2 Å². The van der Waals surface area contributed by atoms with Gasteiger partial charge < -0.3 is 0 Å². The van der Waals surface area contributed by atoms with E-state index in [1.807, 2.05) is 0 Å². The lowest BCUT2D eigenvalue weighted by Gasteiger charge is -2.05. The predicted molar refractivity (Wildman–Crippen MR) is 88.3 cm³/mol. The summed E-state index contributed by atoms with van der Waals surface area (Å²) >= 11 is 0. The lowest BCUT2D eigenvalue weighted by atomic mass is 10.1. The van der Waals surface area contributed by atoms with Crippen LogP contribution in [0.5, 0.6) is 0 Å². The first kappa shape index (κ1) is 23.1. The monoisotopic (exact) mass is 350 g/mol. The van der Waals surface area contributed by atoms with Crippen LogP contribution in [0.2, 0.25) is 0 Å². The summed E-state index contributed by atoms with van der Waals surface area (Å²) in [5, 5.41) is 8.49. The van der Waals surface area contributed by atoms with Crippen LogP contribution in [-0.4, -0.2) is 19.4 Å². The molecule has 0 bridgehead atoms. The molecule has 0 fully saturated rings. The van der Waals surface area contributed by atoms with Crippen LogP contribution in [-0.2, 0) is 29.6 Å². The van der Waals surface area contributed by atoms with E-state index in [1.54, 1.807) is 0 Å². The normalized spacial score (nSPS) is 11.2. The minimum Gasteiger partial charge on any atom is -0.226 e. The van der Waals surface area contributed by atoms with E-state index in [1.165, 1.54) is 12.8 Å². The van der Waals surface area contributed by atoms with Crippen molar-refractivity contribution < 1.29 is 34.4 Å². The second-order valence-corrected chi connectivity index (χ2v) is 6.68. The quantitative estimate of drug-likeness (QED) is 0.212. The Morgan fingerprint density at radius 2 is 1.08 bits per heavy atom. The van der Waals surface area contributed by atoms with Crippen molar-refractivity contribution in [3.63, 3.8) is 0 Å². The van der Waals surface area contributed by atoms with Crippen molar-refractivity contribution in [3.8, 4) is 0 Å². The zero-order valence-electron chi connectivity index (χ0n) is 15.6. The van der Waals surface area contributed by atoms with E-state index in [0.29, 0.717) is 25.0 Å². The molecule has 0 aliphatic heterocycles. The van der Waals surface area contributed by atoms with Crippen molar-refractivity contribution in [1.82, 2.24) is 0 Å². The minimum absolute atomic E-state index is 0.346. The highest BCUT2D eigenvalue weighted by atomic mass is 17.6. The molecule has 7 nitrogen and oxygen atoms in total. The molecule has 0 unspecified atom stereocenters. The van der Waals surface area contributed by atoms with Gasteiger partial charge in [0.05, 0.1) is 13.2 Å². The van der Waals surface area contributed by atoms with Crippen molar-refractivity contribution >= 4 is 6.16 Å². The number of carbonyl (C=O) groups is 1. The fourth-order valence-electron chi connectivity index (χ4n) is 1.97. The maximum absolute atomic E-state index is 11.0. The average Bonchev–Trinajstić information content (AvgIpc) is 2.51. The summed E-state index contributed by atoms with van der Waals surface area (Å²) in [6, 6.07) is 0. The van der Waals surface area contributed by atoms with Crippen LogP contribution in [0.4, 0.5) is 4.79 Å². The van der Waals surface area contributed by atoms with Gasteiger partial charge in [0.1, 0.15) is 0 Å². The summed E-state index contributed by atoms with van der Waals surface area (Å²) in [5.41, 5.74) is 0. The number of rotatable bonds is 16. The van der Waals surface area contributed by atoms with Gasteiger partial charge in [-0.1, -0.05) is 66.2 Å². The Morgan fingerprint density at radius 1 is 0.667 bits per heavy atom. The first-order valence-corrected chi connectivity index (χ1v) is 8.98. The molecule has 0 amide bonds. The third kappa shape index (κ3) is 19.2. The highest BCUT2D eigenvalue weighted by molar-refractivity contribution is 5.57. The average molecular weight is 350 g/mol. The van der Waals surface area contributed by atoms with Crippen LogP contribution < -0.4 is 0 Å². The fourth-order valence-corrected chi connectivity index (χ4v) is 1.97. The molecule has 0 aliphatic rings. The molecule has 0 aromatic rings. The maximum atomic E-state index is 11.0. The van der Waals surface area contributed by atoms with E-state index in [9.17, 15) is 4.79 Å². The van der Waals surface area contributed by atoms with Gasteiger partial charge in [-0.25, -0.2) is 9.78 Å². The van der Waals surface area contributed by atoms with Gasteiger partial charge in [0.15, 0.2) is 0 Å². The van der Waals surface area contributed by atoms with Crippen molar-refractivity contribution in [3.05, 3.63) is 0 Å². The van der Waals surface area contributed by atoms with Crippen LogP contribution in [0.15, 0.2) is 0 Å². The molecule has 0 N–H and O–H groups in total. The van der Waals surface area contributed by atoms with E-state index in [4.69, 9.17) is 0 Å². The first-order chi connectivity index (χ1) is 11.5. The van der Waals surface area contributed by atoms with Gasteiger partial charge in [0, 0.05) is 0 Å². The van der Waals surface area contributed by atoms with Gasteiger partial charge >= 0.3 is 6.16 Å². The van der Waals surface area contributed by atoms with E-state index in [2.05, 4.69) is 57.3 Å². The standard InChI is InChI=1S/C17H34O7/c1-15(2)11-7-5-9-13-19-23-21-17(18)22-24-20-14-10-6-8-12-16(3)4/h15-16H,5-14H2,1-4H3. The molecule has 0 aliphatic carbocycles. The van der Waals surface area contributed by atoms with E-state index in [-0.39, 0.29) is 0 Å². The topological polar surface area (TPSA) is 72.5 Å². The SMILES string of the molecule is CC(C)CCCCCOOOC(=O)OOOCCCCCC(C)C. The van der Waals surface area contributed by atoms with Crippen LogP contribution in [0.3, 0.4) is 0 Å². The summed E-state index contributed by atoms with van der Waals surface area (Å²) in [6.45, 7) is 9.46. The van der Waals surface area contributed by atoms with Crippen molar-refractivity contribution in [2.24, 2.45) is 11.8 Å². The first-order valence-electron chi connectivity index (χ1n) is 8.98. The number of hydrogen-bond acceptors (Lipinski definition) is 7. The Hall–Kier alpha value is -0.890. The minimum atomic E-state index is -1.19. The van der Waals surface area contributed by atoms with Gasteiger partial charge in [0.2, 0.25) is 0 Å². The van der Waals surface area contributed by atoms with Gasteiger partial charge in [-0.2, -0.15) is 14.6 Å². The van der Waals surface area contributed by atoms with Crippen LogP contribution in [0.1, 0.15) is 79.1 Å². The molecule has 0 atom stereocenters. The molecule has 0 spiro atoms. The van der Waals surface area contributed by atoms with Crippen LogP contribution in [0, 0.1) is 11.8 Å². The number of carbonyl (C=O) groups excluding carboxylic acids is 1. The lowest BCUT2D eigenvalue weighted by Crippen LogP contribution is -2.10. The summed E-state index contributed by atoms with van der Waals surface area (Å²) in [5.74, 6) is 1.42. The highest BCUT2D eigenvalue weighted by Crippen LogP contribution is 2.09. The third-order valence-electron chi connectivity index (χ3n) is 3.32. The van der Waals surface area contributed by atoms with Crippen LogP contribution in [0.25, 0.3) is 0 Å². The van der Waals surface area contributed by atoms with Gasteiger partial charge in [0.25, 0.3) is 0 Å². The van der Waals surface area contributed by atoms with E-state index >= 15 is 0 Å². The Morgan fingerprint density at radius 3 is 1.46 bits per heavy atom. The predicted octanol–water partition coefficient (Wildman–Crippen LogP) is 5.30. The van der Waals surface area contributed by atoms with Crippen molar-refractivity contribution in [2.45, 2.75) is 79.1 Å². The molecule has 144 valence electrons. The Labute approximate surface area is 145 Å². The Kier molecular flexibility index (Phi) is 16.3. The molecular formula is C17H34O7. The summed E-state index contributed by atoms with van der Waals surface area (Å²) in [4.78, 5) is 28.7. The third-order valence-corrected chi connectivity index (χ3v) is 3.32. The van der Waals surface area contributed by atoms with Gasteiger partial charge in [-0.15, -0.1) is 0 Å². The summed E-state index contributed by atoms with van der Waals surface area (Å²) in [7, 11) is 0. The second kappa shape index (κ2) is 17.0. The maximum Gasteiger partial charge on any atom is 0.577 e. The highest BCUT2D eigenvalue weighted by Gasteiger charge is 2.08. The Bertz CT molecular complexity index is 256. The molecular weight excluding hydrogens is 316 g/mol. The molecule has 24 heavy (non-hydrogen) atoms. The summed E-state index contributed by atoms with van der Waals surface area (Å²) in [6.07, 6.45) is 7.24. The molecule has 0 rings (SSSR count). The fraction of sp³-hybridized carbons (Fsp3) is 0.941. The molecule has 0 saturated heterocycles. The van der Waals surface area contributed by atoms with Gasteiger partial charge in [-0.3, -0.25) is 0 Å². The molecule has 0 heterocycles. The second-order valence-electron chi connectivity index (χ2n) is 6.68. The zero-order chi connectivity index (χ0) is 18.0. The number of unbranched alkanes of at least 4 members (excludes halogenated alkanes) is 4. The largest absolute Gasteiger partial charge is 0.577 e. The number of hydrogen-bond donors (Lipinski definition) is 0. The van der Waals surface area contributed by atoms with E-state index in [0.717, 1.165) is 38.5 Å². The molecule has 0 saturated carbocycles. The molecule has 0 radical (unpaired) electrons. The van der Waals surface area contributed by atoms with Crippen LogP contribution >= 0.6 is 0 Å². The Balaban J connectivity index is 3.19. The zero-order valence-corrected chi connectivity index (χ0v) is 15.6.